The first kappa shape index (κ1) is 30.4. The average molecular weight is 577 g/mol. The summed E-state index contributed by atoms with van der Waals surface area (Å²) in [6, 6.07) is 16.0. The van der Waals surface area contributed by atoms with Crippen LogP contribution < -0.4 is 9.47 Å². The van der Waals surface area contributed by atoms with E-state index < -0.39 is 5.79 Å². The second-order valence-electron chi connectivity index (χ2n) is 11.6. The summed E-state index contributed by atoms with van der Waals surface area (Å²) in [6.45, 7) is 7.67. The molecule has 4 atom stereocenters. The van der Waals surface area contributed by atoms with Crippen LogP contribution in [0.2, 0.25) is 0 Å². The van der Waals surface area contributed by atoms with Gasteiger partial charge in [-0.3, -0.25) is 0 Å². The normalized spacial score (nSPS) is 24.4. The van der Waals surface area contributed by atoms with Gasteiger partial charge in [0.15, 0.2) is 5.79 Å². The molecule has 3 aromatic rings. The van der Waals surface area contributed by atoms with E-state index in [1.54, 1.807) is 14.2 Å². The molecule has 0 saturated carbocycles. The van der Waals surface area contributed by atoms with E-state index in [0.717, 1.165) is 41.0 Å². The highest BCUT2D eigenvalue weighted by Gasteiger charge is 2.47. The van der Waals surface area contributed by atoms with E-state index >= 15 is 0 Å². The lowest BCUT2D eigenvalue weighted by molar-refractivity contribution is -0.150. The summed E-state index contributed by atoms with van der Waals surface area (Å²) in [7, 11) is 3.35. The number of benzene rings is 2. The van der Waals surface area contributed by atoms with Crippen molar-refractivity contribution in [2.24, 2.45) is 0 Å². The zero-order valence-corrected chi connectivity index (χ0v) is 25.5. The van der Waals surface area contributed by atoms with Crippen LogP contribution in [0.5, 0.6) is 11.5 Å². The Morgan fingerprint density at radius 3 is 2.19 bits per heavy atom. The van der Waals surface area contributed by atoms with E-state index in [4.69, 9.17) is 32.8 Å². The van der Waals surface area contributed by atoms with E-state index in [2.05, 4.69) is 13.0 Å². The van der Waals surface area contributed by atoms with E-state index in [1.165, 1.54) is 11.1 Å². The fraction of sp³-hybridized carbons (Fsp3) is 0.486. The summed E-state index contributed by atoms with van der Waals surface area (Å²) in [5.74, 6) is 1.17. The van der Waals surface area contributed by atoms with Crippen LogP contribution >= 0.6 is 0 Å². The zero-order valence-electron chi connectivity index (χ0n) is 25.5. The van der Waals surface area contributed by atoms with E-state index in [-0.39, 0.29) is 24.2 Å². The lowest BCUT2D eigenvalue weighted by Gasteiger charge is -2.27. The summed E-state index contributed by atoms with van der Waals surface area (Å²) in [5.41, 5.74) is 5.71. The fourth-order valence-electron chi connectivity index (χ4n) is 6.05. The van der Waals surface area contributed by atoms with Crippen LogP contribution in [-0.2, 0) is 38.6 Å². The van der Waals surface area contributed by atoms with Gasteiger partial charge in [0.2, 0.25) is 0 Å². The second kappa shape index (κ2) is 13.9. The van der Waals surface area contributed by atoms with Gasteiger partial charge in [0.05, 0.1) is 64.9 Å². The predicted octanol–water partition coefficient (Wildman–Crippen LogP) is 7.38. The quantitative estimate of drug-likeness (QED) is 0.174. The van der Waals surface area contributed by atoms with Crippen LogP contribution in [0.15, 0.2) is 77.1 Å². The molecule has 1 aromatic heterocycles. The molecule has 226 valence electrons. The van der Waals surface area contributed by atoms with E-state index in [1.807, 2.05) is 74.9 Å². The lowest BCUT2D eigenvalue weighted by Crippen LogP contribution is -2.33. The monoisotopic (exact) mass is 576 g/mol. The minimum Gasteiger partial charge on any atom is -0.497 e. The Balaban J connectivity index is 1.41. The number of rotatable bonds is 11. The highest BCUT2D eigenvalue weighted by Crippen LogP contribution is 2.44. The number of hydrogen-bond acceptors (Lipinski definition) is 7. The molecular weight excluding hydrogens is 532 g/mol. The predicted molar refractivity (Wildman–Crippen MR) is 161 cm³/mol. The Kier molecular flexibility index (Phi) is 10.1. The van der Waals surface area contributed by atoms with Gasteiger partial charge < -0.3 is 32.8 Å². The van der Waals surface area contributed by atoms with Gasteiger partial charge in [0.1, 0.15) is 11.5 Å². The number of ether oxygens (including phenoxy) is 6. The summed E-state index contributed by atoms with van der Waals surface area (Å²) >= 11 is 0. The van der Waals surface area contributed by atoms with Crippen LogP contribution in [0.1, 0.15) is 68.2 Å². The molecule has 42 heavy (non-hydrogen) atoms. The van der Waals surface area contributed by atoms with Gasteiger partial charge in [-0.15, -0.1) is 0 Å². The highest BCUT2D eigenvalue weighted by molar-refractivity contribution is 5.34. The van der Waals surface area contributed by atoms with Gasteiger partial charge in [-0.05, 0) is 78.8 Å². The van der Waals surface area contributed by atoms with Gasteiger partial charge in [-0.2, -0.15) is 0 Å². The highest BCUT2D eigenvalue weighted by atomic mass is 16.8. The van der Waals surface area contributed by atoms with Crippen molar-refractivity contribution in [1.29, 1.82) is 0 Å². The fourth-order valence-corrected chi connectivity index (χ4v) is 6.05. The van der Waals surface area contributed by atoms with Crippen LogP contribution in [-0.4, -0.2) is 44.9 Å². The maximum Gasteiger partial charge on any atom is 0.163 e. The summed E-state index contributed by atoms with van der Waals surface area (Å²) in [6.07, 6.45) is 9.00. The first-order chi connectivity index (χ1) is 20.4. The molecule has 0 spiro atoms. The van der Waals surface area contributed by atoms with Crippen LogP contribution in [0.4, 0.5) is 0 Å². The van der Waals surface area contributed by atoms with Gasteiger partial charge in [-0.25, -0.2) is 0 Å². The Bertz CT molecular complexity index is 1290. The van der Waals surface area contributed by atoms with Crippen molar-refractivity contribution < 1.29 is 32.8 Å². The van der Waals surface area contributed by atoms with Crippen molar-refractivity contribution in [3.63, 3.8) is 0 Å². The molecule has 2 aliphatic rings. The molecule has 0 bridgehead atoms. The molecule has 7 heteroatoms. The number of fused-ring (bicyclic) bond motifs is 2. The molecule has 1 saturated heterocycles. The first-order valence-electron chi connectivity index (χ1n) is 14.9. The van der Waals surface area contributed by atoms with Crippen molar-refractivity contribution in [2.75, 3.05) is 20.8 Å². The van der Waals surface area contributed by atoms with Gasteiger partial charge in [0, 0.05) is 12.3 Å². The van der Waals surface area contributed by atoms with E-state index in [9.17, 15) is 0 Å². The molecule has 0 N–H and O–H groups in total. The Morgan fingerprint density at radius 1 is 0.881 bits per heavy atom. The minimum atomic E-state index is -0.670. The average Bonchev–Trinajstić information content (AvgIpc) is 3.58. The molecular formula is C35H44O7. The molecule has 1 aliphatic carbocycles. The summed E-state index contributed by atoms with van der Waals surface area (Å²) in [5, 5.41) is 0. The topological polar surface area (TPSA) is 68.5 Å². The van der Waals surface area contributed by atoms with Crippen molar-refractivity contribution in [3.05, 3.63) is 95.0 Å². The lowest BCUT2D eigenvalue weighted by atomic mass is 9.85. The summed E-state index contributed by atoms with van der Waals surface area (Å²) < 4.78 is 42.4. The Morgan fingerprint density at radius 2 is 1.55 bits per heavy atom. The van der Waals surface area contributed by atoms with Crippen molar-refractivity contribution in [1.82, 2.24) is 0 Å². The standard InChI is InChI=1S/C35H44O7/c1-6-7-30-31-23-39-22-27(31)18-26(16-17-38-20-24-8-12-28(36-4)13-9-24)32(19-33-34(30)42-35(2,3)41-33)40-21-25-10-14-29(37-5)15-11-25/h8-16,22-23,30,32-34H,6-7,17-21H2,1-5H3/b26-16-/t30-,32+,33+,34-/m0/s1. The van der Waals surface area contributed by atoms with Crippen LogP contribution in [0.3, 0.4) is 0 Å². The van der Waals surface area contributed by atoms with E-state index in [0.29, 0.717) is 32.7 Å². The zero-order chi connectivity index (χ0) is 29.5. The molecule has 0 unspecified atom stereocenters. The summed E-state index contributed by atoms with van der Waals surface area (Å²) in [4.78, 5) is 0. The van der Waals surface area contributed by atoms with Crippen molar-refractivity contribution in [2.45, 2.75) is 89.7 Å². The first-order valence-corrected chi connectivity index (χ1v) is 14.9. The molecule has 1 aliphatic heterocycles. The second-order valence-corrected chi connectivity index (χ2v) is 11.6. The van der Waals surface area contributed by atoms with Gasteiger partial charge in [-0.1, -0.05) is 43.7 Å². The third-order valence-corrected chi connectivity index (χ3v) is 8.15. The third-order valence-electron chi connectivity index (χ3n) is 8.15. The molecule has 0 amide bonds. The molecule has 2 heterocycles. The van der Waals surface area contributed by atoms with Crippen molar-refractivity contribution in [3.8, 4) is 11.5 Å². The van der Waals surface area contributed by atoms with Crippen molar-refractivity contribution >= 4 is 0 Å². The SMILES string of the molecule is CCC[C@H]1c2cocc2C/C(=C/COCc2ccc(OC)cc2)[C@H](OCc2ccc(OC)cc2)C[C@H]2OC(C)(C)O[C@H]21. The number of methoxy groups -OCH3 is 2. The van der Waals surface area contributed by atoms with Crippen LogP contribution in [0, 0.1) is 0 Å². The maximum absolute atomic E-state index is 6.71. The third kappa shape index (κ3) is 7.45. The Labute approximate surface area is 249 Å². The molecule has 2 aromatic carbocycles. The van der Waals surface area contributed by atoms with Gasteiger partial charge >= 0.3 is 0 Å². The maximum atomic E-state index is 6.71. The smallest absolute Gasteiger partial charge is 0.163 e. The minimum absolute atomic E-state index is 0.0888. The number of furan rings is 1. The molecule has 5 rings (SSSR count). The largest absolute Gasteiger partial charge is 0.497 e. The molecule has 0 radical (unpaired) electrons. The van der Waals surface area contributed by atoms with Gasteiger partial charge in [0.25, 0.3) is 0 Å². The molecule has 7 nitrogen and oxygen atoms in total. The van der Waals surface area contributed by atoms with Crippen LogP contribution in [0.25, 0.3) is 0 Å². The molecule has 1 fully saturated rings. The number of hydrogen-bond donors (Lipinski definition) is 0. The Hall–Kier alpha value is -3.10.